The number of hydrogen-bond acceptors (Lipinski definition) is 3. The van der Waals surface area contributed by atoms with Crippen LogP contribution in [0.1, 0.15) is 44.2 Å². The van der Waals surface area contributed by atoms with Crippen LogP contribution in [0.4, 0.5) is 0 Å². The molecule has 0 saturated heterocycles. The summed E-state index contributed by atoms with van der Waals surface area (Å²) in [4.78, 5) is 16.1. The van der Waals surface area contributed by atoms with Crippen LogP contribution in [0.25, 0.3) is 0 Å². The van der Waals surface area contributed by atoms with Gasteiger partial charge >= 0.3 is 0 Å². The summed E-state index contributed by atoms with van der Waals surface area (Å²) in [5, 5.41) is 6.12. The number of thiazole rings is 1. The molecule has 1 amide bonds. The number of aromatic nitrogens is 1. The Balaban J connectivity index is 1.99. The Labute approximate surface area is 100 Å². The van der Waals surface area contributed by atoms with Crippen LogP contribution in [0.5, 0.6) is 0 Å². The lowest BCUT2D eigenvalue weighted by molar-refractivity contribution is -0.123. The van der Waals surface area contributed by atoms with Crippen molar-refractivity contribution in [3.8, 4) is 0 Å². The van der Waals surface area contributed by atoms with Crippen LogP contribution in [0.15, 0.2) is 11.6 Å². The van der Waals surface area contributed by atoms with Crippen molar-refractivity contribution in [3.05, 3.63) is 16.6 Å². The van der Waals surface area contributed by atoms with Crippen LogP contribution in [0.2, 0.25) is 0 Å². The molecule has 1 aromatic heterocycles. The maximum Gasteiger partial charge on any atom is 0.223 e. The molecule has 1 atom stereocenters. The van der Waals surface area contributed by atoms with Crippen LogP contribution in [-0.2, 0) is 4.79 Å². The van der Waals surface area contributed by atoms with Gasteiger partial charge in [-0.15, -0.1) is 11.3 Å². The maximum absolute atomic E-state index is 11.8. The Morgan fingerprint density at radius 1 is 1.62 bits per heavy atom. The third-order valence-corrected chi connectivity index (χ3v) is 3.61. The predicted octanol–water partition coefficient (Wildman–Crippen LogP) is 2.76. The fourth-order valence-corrected chi connectivity index (χ4v) is 2.44. The lowest BCUT2D eigenvalue weighted by atomic mass is 10.0. The summed E-state index contributed by atoms with van der Waals surface area (Å²) >= 11 is 1.62. The molecular formula is C12H18N2OS. The first-order valence-electron chi connectivity index (χ1n) is 5.86. The number of carbonyl (C=O) groups is 1. The maximum atomic E-state index is 11.8. The van der Waals surface area contributed by atoms with Crippen molar-refractivity contribution in [3.63, 3.8) is 0 Å². The summed E-state index contributed by atoms with van der Waals surface area (Å²) in [5.74, 6) is 1.05. The van der Waals surface area contributed by atoms with Crippen molar-refractivity contribution < 1.29 is 4.79 Å². The zero-order valence-corrected chi connectivity index (χ0v) is 10.6. The van der Waals surface area contributed by atoms with Gasteiger partial charge in [-0.25, -0.2) is 4.98 Å². The van der Waals surface area contributed by atoms with E-state index < -0.39 is 0 Å². The SMILES string of the molecule is CC(C)CC(NC(=O)C1CC1)c1nccs1. The van der Waals surface area contributed by atoms with E-state index in [2.05, 4.69) is 24.1 Å². The van der Waals surface area contributed by atoms with E-state index in [1.165, 1.54) is 0 Å². The molecule has 16 heavy (non-hydrogen) atoms. The molecule has 1 aromatic rings. The van der Waals surface area contributed by atoms with Crippen molar-refractivity contribution in [2.75, 3.05) is 0 Å². The van der Waals surface area contributed by atoms with Gasteiger partial charge in [0.2, 0.25) is 5.91 Å². The van der Waals surface area contributed by atoms with Gasteiger partial charge in [-0.1, -0.05) is 13.8 Å². The molecule has 1 saturated carbocycles. The average Bonchev–Trinajstić information content (AvgIpc) is 2.92. The number of rotatable bonds is 5. The van der Waals surface area contributed by atoms with Gasteiger partial charge in [0.25, 0.3) is 0 Å². The molecule has 0 radical (unpaired) electrons. The van der Waals surface area contributed by atoms with Crippen LogP contribution < -0.4 is 5.32 Å². The zero-order valence-electron chi connectivity index (χ0n) is 9.77. The van der Waals surface area contributed by atoms with Gasteiger partial charge < -0.3 is 5.32 Å². The molecule has 1 N–H and O–H groups in total. The number of amides is 1. The van der Waals surface area contributed by atoms with Crippen LogP contribution in [-0.4, -0.2) is 10.9 Å². The molecule has 4 heteroatoms. The highest BCUT2D eigenvalue weighted by molar-refractivity contribution is 7.09. The first-order valence-corrected chi connectivity index (χ1v) is 6.74. The summed E-state index contributed by atoms with van der Waals surface area (Å²) in [6.07, 6.45) is 4.87. The highest BCUT2D eigenvalue weighted by Crippen LogP contribution is 2.31. The van der Waals surface area contributed by atoms with Crippen LogP contribution in [0.3, 0.4) is 0 Å². The molecular weight excluding hydrogens is 220 g/mol. The Bertz CT molecular complexity index is 344. The lowest BCUT2D eigenvalue weighted by Crippen LogP contribution is -2.30. The quantitative estimate of drug-likeness (QED) is 0.857. The molecule has 1 unspecified atom stereocenters. The Hall–Kier alpha value is -0.900. The number of hydrogen-bond donors (Lipinski definition) is 1. The van der Waals surface area contributed by atoms with E-state index >= 15 is 0 Å². The average molecular weight is 238 g/mol. The van der Waals surface area contributed by atoms with Gasteiger partial charge in [-0.05, 0) is 25.2 Å². The van der Waals surface area contributed by atoms with Crippen LogP contribution in [0, 0.1) is 11.8 Å². The normalized spacial score (nSPS) is 17.4. The number of nitrogens with zero attached hydrogens (tertiary/aromatic N) is 1. The molecule has 1 heterocycles. The van der Waals surface area contributed by atoms with E-state index in [1.807, 2.05) is 5.38 Å². The summed E-state index contributed by atoms with van der Waals surface area (Å²) in [6.45, 7) is 4.34. The highest BCUT2D eigenvalue weighted by Gasteiger charge is 2.31. The summed E-state index contributed by atoms with van der Waals surface area (Å²) < 4.78 is 0. The Kier molecular flexibility index (Phi) is 3.59. The summed E-state index contributed by atoms with van der Waals surface area (Å²) in [5.41, 5.74) is 0. The predicted molar refractivity (Wildman–Crippen MR) is 65.2 cm³/mol. The molecule has 0 bridgehead atoms. The second-order valence-electron chi connectivity index (χ2n) is 4.84. The molecule has 1 aliphatic rings. The fourth-order valence-electron chi connectivity index (χ4n) is 1.73. The molecule has 1 fully saturated rings. The van der Waals surface area contributed by atoms with Crippen molar-refractivity contribution in [1.29, 1.82) is 0 Å². The smallest absolute Gasteiger partial charge is 0.223 e. The third kappa shape index (κ3) is 3.04. The second-order valence-corrected chi connectivity index (χ2v) is 5.76. The van der Waals surface area contributed by atoms with Crippen molar-refractivity contribution in [2.45, 2.75) is 39.2 Å². The highest BCUT2D eigenvalue weighted by atomic mass is 32.1. The minimum Gasteiger partial charge on any atom is -0.347 e. The zero-order chi connectivity index (χ0) is 11.5. The minimum atomic E-state index is 0.105. The topological polar surface area (TPSA) is 42.0 Å². The van der Waals surface area contributed by atoms with Gasteiger partial charge in [-0.3, -0.25) is 4.79 Å². The lowest BCUT2D eigenvalue weighted by Gasteiger charge is -2.18. The van der Waals surface area contributed by atoms with Gasteiger partial charge in [0.05, 0.1) is 6.04 Å². The largest absolute Gasteiger partial charge is 0.347 e. The van der Waals surface area contributed by atoms with E-state index in [9.17, 15) is 4.79 Å². The van der Waals surface area contributed by atoms with E-state index in [1.54, 1.807) is 17.5 Å². The second kappa shape index (κ2) is 4.95. The first-order chi connectivity index (χ1) is 7.66. The fraction of sp³-hybridized carbons (Fsp3) is 0.667. The van der Waals surface area contributed by atoms with Gasteiger partial charge in [0, 0.05) is 17.5 Å². The van der Waals surface area contributed by atoms with Gasteiger partial charge in [0.15, 0.2) is 0 Å². The molecule has 0 aromatic carbocycles. The monoisotopic (exact) mass is 238 g/mol. The van der Waals surface area contributed by atoms with E-state index in [-0.39, 0.29) is 17.9 Å². The summed E-state index contributed by atoms with van der Waals surface area (Å²) in [6, 6.07) is 0.105. The Morgan fingerprint density at radius 3 is 2.88 bits per heavy atom. The first kappa shape index (κ1) is 11.6. The Morgan fingerprint density at radius 2 is 2.38 bits per heavy atom. The molecule has 0 aliphatic heterocycles. The van der Waals surface area contributed by atoms with Crippen LogP contribution >= 0.6 is 11.3 Å². The minimum absolute atomic E-state index is 0.105. The van der Waals surface area contributed by atoms with Gasteiger partial charge in [-0.2, -0.15) is 0 Å². The van der Waals surface area contributed by atoms with Crippen molar-refractivity contribution in [2.24, 2.45) is 11.8 Å². The molecule has 2 rings (SSSR count). The third-order valence-electron chi connectivity index (χ3n) is 2.72. The summed E-state index contributed by atoms with van der Waals surface area (Å²) in [7, 11) is 0. The van der Waals surface area contributed by atoms with Gasteiger partial charge in [0.1, 0.15) is 5.01 Å². The standard InChI is InChI=1S/C12H18N2OS/c1-8(2)7-10(12-13-5-6-16-12)14-11(15)9-3-4-9/h5-6,8-10H,3-4,7H2,1-2H3,(H,14,15). The van der Waals surface area contributed by atoms with E-state index in [0.717, 1.165) is 24.3 Å². The number of nitrogens with one attached hydrogen (secondary N) is 1. The molecule has 0 spiro atoms. The van der Waals surface area contributed by atoms with Crippen molar-refractivity contribution >= 4 is 17.2 Å². The molecule has 1 aliphatic carbocycles. The van der Waals surface area contributed by atoms with E-state index in [0.29, 0.717) is 5.92 Å². The van der Waals surface area contributed by atoms with Crippen molar-refractivity contribution in [1.82, 2.24) is 10.3 Å². The number of carbonyl (C=O) groups excluding carboxylic acids is 1. The molecule has 3 nitrogen and oxygen atoms in total. The van der Waals surface area contributed by atoms with E-state index in [4.69, 9.17) is 0 Å². The molecule has 88 valence electrons.